The summed E-state index contributed by atoms with van der Waals surface area (Å²) in [6, 6.07) is 9.23. The number of nitrogens with two attached hydrogens (primary N) is 1. The van der Waals surface area contributed by atoms with Crippen LogP contribution in [0, 0.1) is 20.8 Å². The van der Waals surface area contributed by atoms with E-state index in [1.807, 2.05) is 12.1 Å². The van der Waals surface area contributed by atoms with Crippen molar-refractivity contribution >= 4 is 5.91 Å². The summed E-state index contributed by atoms with van der Waals surface area (Å²) in [6.45, 7) is 9.43. The first kappa shape index (κ1) is 22.9. The summed E-state index contributed by atoms with van der Waals surface area (Å²) in [4.78, 5) is 23.0. The van der Waals surface area contributed by atoms with Crippen molar-refractivity contribution in [2.24, 2.45) is 5.73 Å². The van der Waals surface area contributed by atoms with Crippen LogP contribution in [0.5, 0.6) is 5.75 Å². The fourth-order valence-corrected chi connectivity index (χ4v) is 4.39. The Morgan fingerprint density at radius 1 is 1.15 bits per heavy atom. The van der Waals surface area contributed by atoms with E-state index in [0.717, 1.165) is 42.3 Å². The Morgan fingerprint density at radius 3 is 2.58 bits per heavy atom. The average Bonchev–Trinajstić information content (AvgIpc) is 2.84. The van der Waals surface area contributed by atoms with Crippen molar-refractivity contribution in [1.82, 2.24) is 14.9 Å². The molecule has 1 aliphatic heterocycles. The van der Waals surface area contributed by atoms with Crippen LogP contribution in [-0.2, 0) is 11.3 Å². The Kier molecular flexibility index (Phi) is 6.72. The standard InChI is InChI=1S/C26H30N4O3/c1-16-13-22(32-4)18(3)17(2)21(16)14-30-11-12-33-23(15-30)25-24(28-9-10-29-25)19-5-7-20(8-6-19)26(27)31/h5-10,13,23H,11-12,14-15H2,1-4H3,(H2,27,31)/t23-/m1/s1. The van der Waals surface area contributed by atoms with E-state index in [9.17, 15) is 4.79 Å². The van der Waals surface area contributed by atoms with Gasteiger partial charge < -0.3 is 15.2 Å². The molecule has 0 unspecified atom stereocenters. The van der Waals surface area contributed by atoms with Gasteiger partial charge in [0.05, 0.1) is 25.1 Å². The van der Waals surface area contributed by atoms with E-state index in [4.69, 9.17) is 15.2 Å². The zero-order valence-corrected chi connectivity index (χ0v) is 19.6. The third-order valence-electron chi connectivity index (χ3n) is 6.43. The summed E-state index contributed by atoms with van der Waals surface area (Å²) < 4.78 is 11.7. The molecule has 33 heavy (non-hydrogen) atoms. The summed E-state index contributed by atoms with van der Waals surface area (Å²) >= 11 is 0. The molecule has 3 aromatic rings. The molecule has 0 radical (unpaired) electrons. The summed E-state index contributed by atoms with van der Waals surface area (Å²) in [5.74, 6) is 0.478. The van der Waals surface area contributed by atoms with Crippen LogP contribution in [0.3, 0.4) is 0 Å². The van der Waals surface area contributed by atoms with Gasteiger partial charge in [0.1, 0.15) is 11.9 Å². The number of ether oxygens (including phenoxy) is 2. The van der Waals surface area contributed by atoms with Crippen molar-refractivity contribution in [2.75, 3.05) is 26.8 Å². The molecule has 0 aliphatic carbocycles. The highest BCUT2D eigenvalue weighted by Crippen LogP contribution is 2.32. The van der Waals surface area contributed by atoms with Gasteiger partial charge in [-0.3, -0.25) is 19.7 Å². The molecule has 0 saturated carbocycles. The molecule has 0 spiro atoms. The van der Waals surface area contributed by atoms with E-state index in [1.54, 1.807) is 31.6 Å². The lowest BCUT2D eigenvalue weighted by atomic mass is 9.96. The van der Waals surface area contributed by atoms with E-state index in [-0.39, 0.29) is 6.10 Å². The largest absolute Gasteiger partial charge is 0.496 e. The first-order valence-electron chi connectivity index (χ1n) is 11.1. The highest BCUT2D eigenvalue weighted by atomic mass is 16.5. The summed E-state index contributed by atoms with van der Waals surface area (Å²) in [6.07, 6.45) is 3.17. The number of benzene rings is 2. The van der Waals surface area contributed by atoms with Crippen molar-refractivity contribution in [3.05, 3.63) is 76.2 Å². The Labute approximate surface area is 194 Å². The van der Waals surface area contributed by atoms with Gasteiger partial charge >= 0.3 is 0 Å². The molecule has 7 nitrogen and oxygen atoms in total. The molecule has 1 atom stereocenters. The maximum atomic E-state index is 11.4. The molecule has 4 rings (SSSR count). The van der Waals surface area contributed by atoms with Crippen LogP contribution in [-0.4, -0.2) is 47.6 Å². The average molecular weight is 447 g/mol. The second kappa shape index (κ2) is 9.68. The van der Waals surface area contributed by atoms with Crippen molar-refractivity contribution in [1.29, 1.82) is 0 Å². The normalized spacial score (nSPS) is 16.5. The Bertz CT molecular complexity index is 1160. The quantitative estimate of drug-likeness (QED) is 0.620. The predicted octanol–water partition coefficient (Wildman–Crippen LogP) is 3.75. The van der Waals surface area contributed by atoms with Crippen molar-refractivity contribution in [3.63, 3.8) is 0 Å². The smallest absolute Gasteiger partial charge is 0.248 e. The van der Waals surface area contributed by atoms with Crippen molar-refractivity contribution in [2.45, 2.75) is 33.4 Å². The number of methoxy groups -OCH3 is 1. The number of aromatic nitrogens is 2. The number of primary amides is 1. The molecule has 1 aliphatic rings. The van der Waals surface area contributed by atoms with Gasteiger partial charge in [-0.05, 0) is 61.2 Å². The van der Waals surface area contributed by atoms with Crippen LogP contribution in [0.2, 0.25) is 0 Å². The van der Waals surface area contributed by atoms with E-state index in [2.05, 4.69) is 41.7 Å². The number of aryl methyl sites for hydroxylation is 1. The van der Waals surface area contributed by atoms with Gasteiger partial charge in [0.2, 0.25) is 5.91 Å². The molecule has 1 saturated heterocycles. The SMILES string of the molecule is COc1cc(C)c(CN2CCO[C@@H](c3nccnc3-c3ccc(C(N)=O)cc3)C2)c(C)c1C. The molecule has 1 amide bonds. The molecule has 1 aromatic heterocycles. The summed E-state index contributed by atoms with van der Waals surface area (Å²) in [7, 11) is 1.72. The van der Waals surface area contributed by atoms with Gasteiger partial charge in [0, 0.05) is 43.2 Å². The first-order valence-corrected chi connectivity index (χ1v) is 11.1. The highest BCUT2D eigenvalue weighted by molar-refractivity contribution is 5.93. The number of hydrogen-bond donors (Lipinski definition) is 1. The molecule has 172 valence electrons. The lowest BCUT2D eigenvalue weighted by Crippen LogP contribution is -2.38. The van der Waals surface area contributed by atoms with Gasteiger partial charge in [0.15, 0.2) is 0 Å². The molecular weight excluding hydrogens is 416 g/mol. The minimum Gasteiger partial charge on any atom is -0.496 e. The van der Waals surface area contributed by atoms with Crippen LogP contribution in [0.15, 0.2) is 42.7 Å². The maximum Gasteiger partial charge on any atom is 0.248 e. The third kappa shape index (κ3) is 4.74. The topological polar surface area (TPSA) is 90.6 Å². The van der Waals surface area contributed by atoms with Crippen molar-refractivity contribution < 1.29 is 14.3 Å². The van der Waals surface area contributed by atoms with Crippen LogP contribution in [0.25, 0.3) is 11.3 Å². The maximum absolute atomic E-state index is 11.4. The molecule has 2 heterocycles. The van der Waals surface area contributed by atoms with Crippen LogP contribution >= 0.6 is 0 Å². The van der Waals surface area contributed by atoms with Gasteiger partial charge in [-0.2, -0.15) is 0 Å². The van der Waals surface area contributed by atoms with Crippen molar-refractivity contribution in [3.8, 4) is 17.0 Å². The molecule has 2 aromatic carbocycles. The number of nitrogens with zero attached hydrogens (tertiary/aromatic N) is 3. The van der Waals surface area contributed by atoms with Gasteiger partial charge in [-0.25, -0.2) is 0 Å². The number of carbonyl (C=O) groups is 1. The summed E-state index contributed by atoms with van der Waals surface area (Å²) in [5.41, 5.74) is 13.3. The van der Waals surface area contributed by atoms with Gasteiger partial charge in [-0.1, -0.05) is 12.1 Å². The minimum atomic E-state index is -0.452. The highest BCUT2D eigenvalue weighted by Gasteiger charge is 2.27. The number of rotatable bonds is 6. The molecule has 2 N–H and O–H groups in total. The van der Waals surface area contributed by atoms with E-state index >= 15 is 0 Å². The zero-order chi connectivity index (χ0) is 23.5. The van der Waals surface area contributed by atoms with E-state index in [0.29, 0.717) is 12.2 Å². The fraction of sp³-hybridized carbons (Fsp3) is 0.346. The molecule has 1 fully saturated rings. The molecular formula is C26H30N4O3. The number of carbonyl (C=O) groups excluding carboxylic acids is 1. The Balaban J connectivity index is 1.58. The first-order chi connectivity index (χ1) is 15.9. The number of hydrogen-bond acceptors (Lipinski definition) is 6. The van der Waals surface area contributed by atoms with Crippen LogP contribution in [0.4, 0.5) is 0 Å². The lowest BCUT2D eigenvalue weighted by Gasteiger charge is -2.34. The Morgan fingerprint density at radius 2 is 1.88 bits per heavy atom. The van der Waals surface area contributed by atoms with Crippen LogP contribution < -0.4 is 10.5 Å². The molecule has 0 bridgehead atoms. The minimum absolute atomic E-state index is 0.196. The fourth-order valence-electron chi connectivity index (χ4n) is 4.39. The number of amides is 1. The predicted molar refractivity (Wildman–Crippen MR) is 127 cm³/mol. The Hall–Kier alpha value is -3.29. The second-order valence-electron chi connectivity index (χ2n) is 8.45. The zero-order valence-electron chi connectivity index (χ0n) is 19.6. The van der Waals surface area contributed by atoms with E-state index in [1.165, 1.54) is 22.3 Å². The third-order valence-corrected chi connectivity index (χ3v) is 6.43. The lowest BCUT2D eigenvalue weighted by molar-refractivity contribution is -0.0349. The summed E-state index contributed by atoms with van der Waals surface area (Å²) in [5, 5.41) is 0. The second-order valence-corrected chi connectivity index (χ2v) is 8.45. The number of morpholine rings is 1. The van der Waals surface area contributed by atoms with Gasteiger partial charge in [0.25, 0.3) is 0 Å². The molecule has 7 heteroatoms. The van der Waals surface area contributed by atoms with Gasteiger partial charge in [-0.15, -0.1) is 0 Å². The van der Waals surface area contributed by atoms with E-state index < -0.39 is 5.91 Å². The van der Waals surface area contributed by atoms with Crippen LogP contribution in [0.1, 0.15) is 44.4 Å². The monoisotopic (exact) mass is 446 g/mol.